The average Bonchev–Trinajstić information content (AvgIpc) is 2.77. The van der Waals surface area contributed by atoms with Crippen LogP contribution in [-0.4, -0.2) is 19.7 Å². The quantitative estimate of drug-likeness (QED) is 0.788. The summed E-state index contributed by atoms with van der Waals surface area (Å²) in [6.45, 7) is 0.660. The third-order valence-corrected chi connectivity index (χ3v) is 3.24. The highest BCUT2D eigenvalue weighted by Gasteiger charge is 2.07. The van der Waals surface area contributed by atoms with Crippen LogP contribution in [0.15, 0.2) is 41.3 Å². The monoisotopic (exact) mass is 303 g/mol. The van der Waals surface area contributed by atoms with E-state index in [1.54, 1.807) is 6.20 Å². The van der Waals surface area contributed by atoms with Crippen molar-refractivity contribution in [2.24, 2.45) is 0 Å². The van der Waals surface area contributed by atoms with E-state index in [-0.39, 0.29) is 0 Å². The standard InChI is InChI=1S/C12H10BrN5/c13-9-3-1-8(2-4-9)6-18-12-10(5-17-18)11(14)15-7-16-12/h1-5,7H,6H2,(H2,14,15,16). The van der Waals surface area contributed by atoms with Crippen molar-refractivity contribution in [3.05, 3.63) is 46.8 Å². The van der Waals surface area contributed by atoms with E-state index in [0.717, 1.165) is 21.1 Å². The molecule has 3 aromatic rings. The Kier molecular flexibility index (Phi) is 2.71. The molecule has 18 heavy (non-hydrogen) atoms. The number of rotatable bonds is 2. The van der Waals surface area contributed by atoms with E-state index in [1.807, 2.05) is 28.9 Å². The molecule has 0 aliphatic heterocycles. The number of nitrogen functional groups attached to an aromatic ring is 1. The Hall–Kier alpha value is -1.95. The molecule has 0 unspecified atom stereocenters. The minimum atomic E-state index is 0.460. The third-order valence-electron chi connectivity index (χ3n) is 2.71. The second-order valence-corrected chi connectivity index (χ2v) is 4.84. The molecule has 3 rings (SSSR count). The van der Waals surface area contributed by atoms with Gasteiger partial charge in [0.05, 0.1) is 18.1 Å². The summed E-state index contributed by atoms with van der Waals surface area (Å²) in [4.78, 5) is 8.16. The first-order chi connectivity index (χ1) is 8.74. The molecule has 0 aliphatic carbocycles. The first kappa shape index (κ1) is 11.2. The van der Waals surface area contributed by atoms with Crippen molar-refractivity contribution < 1.29 is 0 Å². The van der Waals surface area contributed by atoms with Crippen LogP contribution in [0.1, 0.15) is 5.56 Å². The molecule has 0 fully saturated rings. The summed E-state index contributed by atoms with van der Waals surface area (Å²) in [5, 5.41) is 5.08. The number of aromatic nitrogens is 4. The van der Waals surface area contributed by atoms with Crippen molar-refractivity contribution in [1.29, 1.82) is 0 Å². The highest BCUT2D eigenvalue weighted by atomic mass is 79.9. The van der Waals surface area contributed by atoms with Gasteiger partial charge in [-0.05, 0) is 17.7 Å². The van der Waals surface area contributed by atoms with Crippen LogP contribution in [0.25, 0.3) is 11.0 Å². The van der Waals surface area contributed by atoms with E-state index in [4.69, 9.17) is 5.73 Å². The van der Waals surface area contributed by atoms with Gasteiger partial charge in [0, 0.05) is 4.47 Å². The van der Waals surface area contributed by atoms with Gasteiger partial charge in [-0.2, -0.15) is 5.10 Å². The first-order valence-electron chi connectivity index (χ1n) is 5.40. The predicted molar refractivity (Wildman–Crippen MR) is 73.0 cm³/mol. The molecule has 0 aliphatic rings. The zero-order valence-corrected chi connectivity index (χ0v) is 11.0. The lowest BCUT2D eigenvalue weighted by Crippen LogP contribution is -2.03. The second kappa shape index (κ2) is 4.38. The predicted octanol–water partition coefficient (Wildman–Crippen LogP) is 2.22. The van der Waals surface area contributed by atoms with Gasteiger partial charge in [-0.1, -0.05) is 28.1 Å². The van der Waals surface area contributed by atoms with Gasteiger partial charge in [0.25, 0.3) is 0 Å². The fourth-order valence-corrected chi connectivity index (χ4v) is 2.05. The molecule has 5 nitrogen and oxygen atoms in total. The fraction of sp³-hybridized carbons (Fsp3) is 0.0833. The van der Waals surface area contributed by atoms with Crippen LogP contribution in [0.4, 0.5) is 5.82 Å². The zero-order valence-electron chi connectivity index (χ0n) is 9.42. The molecule has 2 heterocycles. The molecule has 0 radical (unpaired) electrons. The van der Waals surface area contributed by atoms with Crippen molar-refractivity contribution in [1.82, 2.24) is 19.7 Å². The van der Waals surface area contributed by atoms with E-state index in [2.05, 4.69) is 31.0 Å². The van der Waals surface area contributed by atoms with Gasteiger partial charge in [0.2, 0.25) is 0 Å². The van der Waals surface area contributed by atoms with Crippen LogP contribution in [0.3, 0.4) is 0 Å². The SMILES string of the molecule is Nc1ncnc2c1cnn2Cc1ccc(Br)cc1. The summed E-state index contributed by atoms with van der Waals surface area (Å²) in [5.41, 5.74) is 7.68. The van der Waals surface area contributed by atoms with Gasteiger partial charge in [0.1, 0.15) is 12.1 Å². The highest BCUT2D eigenvalue weighted by molar-refractivity contribution is 9.10. The van der Waals surface area contributed by atoms with Crippen molar-refractivity contribution in [3.8, 4) is 0 Å². The summed E-state index contributed by atoms with van der Waals surface area (Å²) < 4.78 is 2.87. The Morgan fingerprint density at radius 2 is 1.94 bits per heavy atom. The van der Waals surface area contributed by atoms with Crippen LogP contribution < -0.4 is 5.73 Å². The topological polar surface area (TPSA) is 69.6 Å². The number of hydrogen-bond acceptors (Lipinski definition) is 4. The molecule has 0 saturated carbocycles. The maximum absolute atomic E-state index is 5.77. The molecule has 0 bridgehead atoms. The first-order valence-corrected chi connectivity index (χ1v) is 6.20. The zero-order chi connectivity index (χ0) is 12.5. The van der Waals surface area contributed by atoms with Crippen LogP contribution in [-0.2, 0) is 6.54 Å². The maximum atomic E-state index is 5.77. The van der Waals surface area contributed by atoms with Crippen molar-refractivity contribution in [2.75, 3.05) is 5.73 Å². The summed E-state index contributed by atoms with van der Waals surface area (Å²) in [6, 6.07) is 8.10. The molecule has 2 aromatic heterocycles. The van der Waals surface area contributed by atoms with Crippen LogP contribution >= 0.6 is 15.9 Å². The number of hydrogen-bond donors (Lipinski definition) is 1. The molecule has 6 heteroatoms. The van der Waals surface area contributed by atoms with Gasteiger partial charge in [-0.25, -0.2) is 14.6 Å². The maximum Gasteiger partial charge on any atom is 0.163 e. The molecule has 0 spiro atoms. The highest BCUT2D eigenvalue weighted by Crippen LogP contribution is 2.17. The molecule has 0 amide bonds. The molecule has 90 valence electrons. The van der Waals surface area contributed by atoms with E-state index in [1.165, 1.54) is 6.33 Å². The summed E-state index contributed by atoms with van der Waals surface area (Å²) in [5.74, 6) is 0.460. The minimum Gasteiger partial charge on any atom is -0.383 e. The van der Waals surface area contributed by atoms with Crippen molar-refractivity contribution in [3.63, 3.8) is 0 Å². The third kappa shape index (κ3) is 1.95. The van der Waals surface area contributed by atoms with Crippen LogP contribution in [0.2, 0.25) is 0 Å². The van der Waals surface area contributed by atoms with E-state index < -0.39 is 0 Å². The number of halogens is 1. The van der Waals surface area contributed by atoms with Gasteiger partial charge in [-0.3, -0.25) is 0 Å². The summed E-state index contributed by atoms with van der Waals surface area (Å²) >= 11 is 3.41. The van der Waals surface area contributed by atoms with Crippen LogP contribution in [0.5, 0.6) is 0 Å². The lowest BCUT2D eigenvalue weighted by atomic mass is 10.2. The summed E-state index contributed by atoms with van der Waals surface area (Å²) in [6.07, 6.45) is 3.15. The Morgan fingerprint density at radius 3 is 2.72 bits per heavy atom. The number of nitrogens with zero attached hydrogens (tertiary/aromatic N) is 4. The van der Waals surface area contributed by atoms with Crippen molar-refractivity contribution >= 4 is 32.8 Å². The van der Waals surface area contributed by atoms with E-state index in [0.29, 0.717) is 12.4 Å². The minimum absolute atomic E-state index is 0.460. The van der Waals surface area contributed by atoms with Gasteiger partial charge in [0.15, 0.2) is 5.65 Å². The van der Waals surface area contributed by atoms with Crippen LogP contribution in [0, 0.1) is 0 Å². The van der Waals surface area contributed by atoms with Gasteiger partial charge < -0.3 is 5.73 Å². The number of anilines is 1. The fourth-order valence-electron chi connectivity index (χ4n) is 1.79. The Morgan fingerprint density at radius 1 is 1.17 bits per heavy atom. The normalized spacial score (nSPS) is 10.9. The Labute approximate surface area is 112 Å². The number of nitrogens with two attached hydrogens (primary N) is 1. The van der Waals surface area contributed by atoms with Gasteiger partial charge >= 0.3 is 0 Å². The molecular weight excluding hydrogens is 294 g/mol. The lowest BCUT2D eigenvalue weighted by molar-refractivity contribution is 0.703. The molecular formula is C12H10BrN5. The molecule has 2 N–H and O–H groups in total. The number of benzene rings is 1. The van der Waals surface area contributed by atoms with Crippen molar-refractivity contribution in [2.45, 2.75) is 6.54 Å². The summed E-state index contributed by atoms with van der Waals surface area (Å²) in [7, 11) is 0. The average molecular weight is 304 g/mol. The second-order valence-electron chi connectivity index (χ2n) is 3.92. The molecule has 0 atom stereocenters. The molecule has 1 aromatic carbocycles. The largest absolute Gasteiger partial charge is 0.383 e. The lowest BCUT2D eigenvalue weighted by Gasteiger charge is -2.03. The Balaban J connectivity index is 2.00. The Bertz CT molecular complexity index is 689. The van der Waals surface area contributed by atoms with E-state index >= 15 is 0 Å². The number of fused-ring (bicyclic) bond motifs is 1. The van der Waals surface area contributed by atoms with Gasteiger partial charge in [-0.15, -0.1) is 0 Å². The van der Waals surface area contributed by atoms with E-state index in [9.17, 15) is 0 Å². The smallest absolute Gasteiger partial charge is 0.163 e. The molecule has 0 saturated heterocycles.